The van der Waals surface area contributed by atoms with Crippen molar-refractivity contribution in [3.8, 4) is 11.6 Å². The lowest BCUT2D eigenvalue weighted by atomic mass is 10.2. The van der Waals surface area contributed by atoms with Crippen molar-refractivity contribution in [2.45, 2.75) is 25.8 Å². The lowest BCUT2D eigenvalue weighted by Gasteiger charge is -2.15. The van der Waals surface area contributed by atoms with Crippen molar-refractivity contribution in [3.63, 3.8) is 0 Å². The topological polar surface area (TPSA) is 174 Å². The summed E-state index contributed by atoms with van der Waals surface area (Å²) in [5, 5.41) is 32.2. The monoisotopic (exact) mass is 418 g/mol. The molecule has 12 nitrogen and oxygen atoms in total. The summed E-state index contributed by atoms with van der Waals surface area (Å²) < 4.78 is 1.39. The maximum absolute atomic E-state index is 12.9. The van der Waals surface area contributed by atoms with E-state index in [4.69, 9.17) is 5.11 Å². The molecule has 1 aliphatic rings. The van der Waals surface area contributed by atoms with Gasteiger partial charge in [0.15, 0.2) is 5.56 Å². The Hall–Kier alpha value is -3.96. The third-order valence-corrected chi connectivity index (χ3v) is 4.70. The minimum absolute atomic E-state index is 0.0176. The second kappa shape index (κ2) is 8.19. The Bertz CT molecular complexity index is 1150. The van der Waals surface area contributed by atoms with Gasteiger partial charge in [0.2, 0.25) is 5.88 Å². The summed E-state index contributed by atoms with van der Waals surface area (Å²) in [6.07, 6.45) is 2.45. The number of aromatic hydroxyl groups is 1. The van der Waals surface area contributed by atoms with Crippen LogP contribution in [0.2, 0.25) is 0 Å². The van der Waals surface area contributed by atoms with Gasteiger partial charge in [-0.1, -0.05) is 18.9 Å². The fourth-order valence-corrected chi connectivity index (χ4v) is 2.98. The van der Waals surface area contributed by atoms with Crippen molar-refractivity contribution in [3.05, 3.63) is 60.8 Å². The number of aliphatic carboxylic acids is 1. The SMILES string of the molecule is O=C(O)CNC(=O)c1c(O)n(CCC2CC2)c(=O)n(-c2cccc([N+](=O)[O-])c2)c1=O. The van der Waals surface area contributed by atoms with Crippen LogP contribution < -0.4 is 16.6 Å². The lowest BCUT2D eigenvalue weighted by molar-refractivity contribution is -0.384. The molecule has 0 unspecified atom stereocenters. The first kappa shape index (κ1) is 20.8. The van der Waals surface area contributed by atoms with Crippen LogP contribution in [0.5, 0.6) is 5.88 Å². The number of rotatable bonds is 8. The minimum atomic E-state index is -1.37. The van der Waals surface area contributed by atoms with Crippen LogP contribution in [0.3, 0.4) is 0 Å². The average Bonchev–Trinajstić information content (AvgIpc) is 3.51. The summed E-state index contributed by atoms with van der Waals surface area (Å²) in [5.74, 6) is -3.07. The number of non-ortho nitro benzene ring substituents is 1. The van der Waals surface area contributed by atoms with E-state index in [0.29, 0.717) is 16.9 Å². The summed E-state index contributed by atoms with van der Waals surface area (Å²) in [4.78, 5) is 59.3. The third-order valence-electron chi connectivity index (χ3n) is 4.70. The van der Waals surface area contributed by atoms with Crippen LogP contribution in [0, 0.1) is 16.0 Å². The normalized spacial score (nSPS) is 13.1. The zero-order valence-corrected chi connectivity index (χ0v) is 15.6. The van der Waals surface area contributed by atoms with Gasteiger partial charge in [0, 0.05) is 18.7 Å². The van der Waals surface area contributed by atoms with E-state index < -0.39 is 46.0 Å². The minimum Gasteiger partial charge on any atom is -0.494 e. The Morgan fingerprint density at radius 3 is 2.57 bits per heavy atom. The molecule has 30 heavy (non-hydrogen) atoms. The van der Waals surface area contributed by atoms with Gasteiger partial charge in [-0.05, 0) is 18.4 Å². The van der Waals surface area contributed by atoms with Gasteiger partial charge >= 0.3 is 11.7 Å². The standard InChI is InChI=1S/C18H18N4O8/c23-13(24)9-19-15(25)14-16(26)20(7-6-10-4-5-10)18(28)21(17(14)27)11-2-1-3-12(8-11)22(29)30/h1-3,8,10,26H,4-7,9H2,(H,19,25)(H,23,24). The predicted molar refractivity (Wildman–Crippen MR) is 102 cm³/mol. The van der Waals surface area contributed by atoms with Gasteiger partial charge < -0.3 is 15.5 Å². The molecule has 0 radical (unpaired) electrons. The highest BCUT2D eigenvalue weighted by Crippen LogP contribution is 2.33. The van der Waals surface area contributed by atoms with Crippen molar-refractivity contribution in [1.29, 1.82) is 0 Å². The fourth-order valence-electron chi connectivity index (χ4n) is 2.98. The van der Waals surface area contributed by atoms with Crippen LogP contribution in [-0.2, 0) is 11.3 Å². The Balaban J connectivity index is 2.19. The fraction of sp³-hybridized carbons (Fsp3) is 0.333. The molecule has 1 aromatic carbocycles. The molecule has 0 aliphatic heterocycles. The third kappa shape index (κ3) is 4.21. The quantitative estimate of drug-likeness (QED) is 0.403. The highest BCUT2D eigenvalue weighted by atomic mass is 16.6. The molecule has 0 atom stereocenters. The van der Waals surface area contributed by atoms with Gasteiger partial charge in [0.05, 0.1) is 10.6 Å². The Kier molecular flexibility index (Phi) is 5.67. The largest absolute Gasteiger partial charge is 0.494 e. The van der Waals surface area contributed by atoms with E-state index in [1.807, 2.05) is 5.32 Å². The van der Waals surface area contributed by atoms with Gasteiger partial charge in [-0.3, -0.25) is 29.1 Å². The molecule has 0 saturated heterocycles. The molecule has 3 N–H and O–H groups in total. The molecule has 2 aromatic rings. The van der Waals surface area contributed by atoms with Crippen molar-refractivity contribution in [1.82, 2.24) is 14.5 Å². The number of hydrogen-bond acceptors (Lipinski definition) is 7. The van der Waals surface area contributed by atoms with Crippen molar-refractivity contribution < 1.29 is 24.7 Å². The number of aromatic nitrogens is 2. The number of nitrogens with zero attached hydrogens (tertiary/aromatic N) is 3. The number of hydrogen-bond donors (Lipinski definition) is 3. The van der Waals surface area contributed by atoms with Crippen molar-refractivity contribution in [2.75, 3.05) is 6.54 Å². The summed E-state index contributed by atoms with van der Waals surface area (Å²) in [6, 6.07) is 4.70. The summed E-state index contributed by atoms with van der Waals surface area (Å²) in [5.41, 5.74) is -3.55. The van der Waals surface area contributed by atoms with Crippen LogP contribution in [0.25, 0.3) is 5.69 Å². The van der Waals surface area contributed by atoms with Crippen LogP contribution >= 0.6 is 0 Å². The van der Waals surface area contributed by atoms with E-state index >= 15 is 0 Å². The second-order valence-electron chi connectivity index (χ2n) is 6.86. The number of nitrogens with one attached hydrogen (secondary N) is 1. The smallest absolute Gasteiger partial charge is 0.338 e. The molecule has 158 valence electrons. The molecule has 1 saturated carbocycles. The number of amides is 1. The molecule has 1 aromatic heterocycles. The molecule has 3 rings (SSSR count). The first-order chi connectivity index (χ1) is 14.2. The maximum Gasteiger partial charge on any atom is 0.338 e. The maximum atomic E-state index is 12.9. The number of carbonyl (C=O) groups excluding carboxylic acids is 1. The zero-order chi connectivity index (χ0) is 22.0. The number of carboxylic acids is 1. The van der Waals surface area contributed by atoms with Crippen molar-refractivity contribution in [2.24, 2.45) is 5.92 Å². The van der Waals surface area contributed by atoms with Crippen LogP contribution in [0.1, 0.15) is 29.6 Å². The Labute approximate surface area is 168 Å². The Morgan fingerprint density at radius 1 is 1.27 bits per heavy atom. The molecular weight excluding hydrogens is 400 g/mol. The molecule has 1 aliphatic carbocycles. The van der Waals surface area contributed by atoms with E-state index in [2.05, 4.69) is 0 Å². The van der Waals surface area contributed by atoms with Gasteiger partial charge in [0.1, 0.15) is 6.54 Å². The van der Waals surface area contributed by atoms with Gasteiger partial charge in [-0.15, -0.1) is 0 Å². The number of nitro benzene ring substituents is 1. The zero-order valence-electron chi connectivity index (χ0n) is 15.6. The highest BCUT2D eigenvalue weighted by molar-refractivity contribution is 5.97. The molecule has 1 amide bonds. The van der Waals surface area contributed by atoms with Gasteiger partial charge in [0.25, 0.3) is 17.2 Å². The first-order valence-corrected chi connectivity index (χ1v) is 9.04. The molecule has 0 bridgehead atoms. The van der Waals surface area contributed by atoms with Crippen molar-refractivity contribution >= 4 is 17.6 Å². The van der Waals surface area contributed by atoms with Crippen LogP contribution in [-0.4, -0.2) is 42.7 Å². The summed E-state index contributed by atoms with van der Waals surface area (Å²) in [6.45, 7) is -0.792. The molecule has 1 heterocycles. The molecule has 1 fully saturated rings. The summed E-state index contributed by atoms with van der Waals surface area (Å²) >= 11 is 0. The van der Waals surface area contributed by atoms with E-state index in [-0.39, 0.29) is 17.9 Å². The van der Waals surface area contributed by atoms with E-state index in [1.165, 1.54) is 18.2 Å². The first-order valence-electron chi connectivity index (χ1n) is 9.04. The molecule has 12 heteroatoms. The van der Waals surface area contributed by atoms with Crippen LogP contribution in [0.15, 0.2) is 33.9 Å². The number of benzene rings is 1. The Morgan fingerprint density at radius 2 is 1.97 bits per heavy atom. The second-order valence-corrected chi connectivity index (χ2v) is 6.86. The summed E-state index contributed by atoms with van der Waals surface area (Å²) in [7, 11) is 0. The van der Waals surface area contributed by atoms with Gasteiger partial charge in [-0.25, -0.2) is 9.36 Å². The molecule has 0 spiro atoms. The lowest BCUT2D eigenvalue weighted by Crippen LogP contribution is -2.44. The van der Waals surface area contributed by atoms with E-state index in [1.54, 1.807) is 0 Å². The number of carbonyl (C=O) groups is 2. The number of nitro groups is 1. The van der Waals surface area contributed by atoms with E-state index in [0.717, 1.165) is 23.5 Å². The van der Waals surface area contributed by atoms with Crippen LogP contribution in [0.4, 0.5) is 5.69 Å². The average molecular weight is 418 g/mol. The van der Waals surface area contributed by atoms with Gasteiger partial charge in [-0.2, -0.15) is 0 Å². The highest BCUT2D eigenvalue weighted by Gasteiger charge is 2.27. The predicted octanol–water partition coefficient (Wildman–Crippen LogP) is 0.227. The number of carboxylic acid groups (broad SMARTS) is 1. The molecular formula is C18H18N4O8. The van der Waals surface area contributed by atoms with E-state index in [9.17, 15) is 34.4 Å².